The molecule has 31 heavy (non-hydrogen) atoms. The molecule has 5 nitrogen and oxygen atoms in total. The van der Waals surface area contributed by atoms with Gasteiger partial charge in [0.2, 0.25) is 0 Å². The summed E-state index contributed by atoms with van der Waals surface area (Å²) in [6, 6.07) is 6.74. The highest BCUT2D eigenvalue weighted by Gasteiger charge is 2.54. The van der Waals surface area contributed by atoms with E-state index in [1.165, 1.54) is 44.1 Å². The normalized spacial score (nSPS) is 30.2. The summed E-state index contributed by atoms with van der Waals surface area (Å²) in [5.74, 6) is 4.16. The lowest BCUT2D eigenvalue weighted by Crippen LogP contribution is -2.91. The standard InChI is InChI=1S/C26H40N2O3/c1-17(26-12-19-8-20(13-26)10-21(9-19)14-26)27-15-18-6-7-22(23(11-18)30-5)31-16-24(29)28-25(2,3)4/h6-7,11,17,19-21,27H,8-10,12-16H2,1-5H3,(H,28,29)/p+1/t17-,19?,20?,21?,26?/m0/s1. The molecular formula is C26H41N2O3+. The van der Waals surface area contributed by atoms with Crippen LogP contribution in [0.25, 0.3) is 0 Å². The maximum atomic E-state index is 12.1. The van der Waals surface area contributed by atoms with Gasteiger partial charge < -0.3 is 20.1 Å². The molecule has 4 saturated carbocycles. The fourth-order valence-corrected chi connectivity index (χ4v) is 6.85. The van der Waals surface area contributed by atoms with Crippen LogP contribution >= 0.6 is 0 Å². The third-order valence-electron chi connectivity index (χ3n) is 7.86. The van der Waals surface area contributed by atoms with Gasteiger partial charge in [0.25, 0.3) is 5.91 Å². The molecule has 1 atom stereocenters. The van der Waals surface area contributed by atoms with Crippen molar-refractivity contribution in [2.75, 3.05) is 13.7 Å². The maximum Gasteiger partial charge on any atom is 0.258 e. The fourth-order valence-electron chi connectivity index (χ4n) is 6.85. The lowest BCUT2D eigenvalue weighted by Gasteiger charge is -2.57. The average molecular weight is 430 g/mol. The van der Waals surface area contributed by atoms with Crippen LogP contribution in [0.3, 0.4) is 0 Å². The zero-order valence-electron chi connectivity index (χ0n) is 20.0. The highest BCUT2D eigenvalue weighted by molar-refractivity contribution is 5.78. The Hall–Kier alpha value is -1.75. The van der Waals surface area contributed by atoms with E-state index in [2.05, 4.69) is 29.7 Å². The number of benzene rings is 1. The Morgan fingerprint density at radius 1 is 1.13 bits per heavy atom. The van der Waals surface area contributed by atoms with Gasteiger partial charge in [-0.25, -0.2) is 0 Å². The van der Waals surface area contributed by atoms with E-state index in [4.69, 9.17) is 9.47 Å². The van der Waals surface area contributed by atoms with Crippen molar-refractivity contribution >= 4 is 5.91 Å². The molecule has 4 bridgehead atoms. The number of rotatable bonds is 8. The Balaban J connectivity index is 1.33. The van der Waals surface area contributed by atoms with E-state index in [9.17, 15) is 4.79 Å². The summed E-state index contributed by atoms with van der Waals surface area (Å²) in [7, 11) is 1.66. The van der Waals surface area contributed by atoms with Gasteiger partial charge in [0.15, 0.2) is 18.1 Å². The zero-order chi connectivity index (χ0) is 22.2. The van der Waals surface area contributed by atoms with Crippen molar-refractivity contribution in [1.82, 2.24) is 5.32 Å². The largest absolute Gasteiger partial charge is 0.493 e. The van der Waals surface area contributed by atoms with Crippen molar-refractivity contribution in [2.24, 2.45) is 23.2 Å². The topological polar surface area (TPSA) is 64.2 Å². The van der Waals surface area contributed by atoms with E-state index in [1.54, 1.807) is 7.11 Å². The Morgan fingerprint density at radius 2 is 1.74 bits per heavy atom. The first kappa shape index (κ1) is 22.4. The third-order valence-corrected chi connectivity index (χ3v) is 7.86. The molecule has 0 radical (unpaired) electrons. The van der Waals surface area contributed by atoms with Gasteiger partial charge in [0, 0.05) is 16.5 Å². The summed E-state index contributed by atoms with van der Waals surface area (Å²) in [4.78, 5) is 12.1. The van der Waals surface area contributed by atoms with Gasteiger partial charge in [-0.1, -0.05) is 0 Å². The lowest BCUT2D eigenvalue weighted by atomic mass is 9.48. The highest BCUT2D eigenvalue weighted by Crippen LogP contribution is 2.60. The molecule has 0 spiro atoms. The first-order valence-corrected chi connectivity index (χ1v) is 12.1. The number of nitrogens with one attached hydrogen (secondary N) is 1. The minimum atomic E-state index is -0.266. The van der Waals surface area contributed by atoms with Crippen LogP contribution in [0.1, 0.15) is 71.8 Å². The van der Waals surface area contributed by atoms with Crippen molar-refractivity contribution in [2.45, 2.75) is 84.3 Å². The number of methoxy groups -OCH3 is 1. The summed E-state index contributed by atoms with van der Waals surface area (Å²) in [6.45, 7) is 9.27. The molecule has 1 amide bonds. The quantitative estimate of drug-likeness (QED) is 0.663. The number of carbonyl (C=O) groups is 1. The maximum absolute atomic E-state index is 12.1. The van der Waals surface area contributed by atoms with E-state index >= 15 is 0 Å². The molecule has 5 rings (SSSR count). The molecule has 172 valence electrons. The Bertz CT molecular complexity index is 763. The van der Waals surface area contributed by atoms with Crippen molar-refractivity contribution in [3.63, 3.8) is 0 Å². The molecule has 0 heterocycles. The van der Waals surface area contributed by atoms with Crippen LogP contribution in [0.15, 0.2) is 18.2 Å². The van der Waals surface area contributed by atoms with Gasteiger partial charge in [-0.05, 0) is 102 Å². The minimum Gasteiger partial charge on any atom is -0.493 e. The monoisotopic (exact) mass is 429 g/mol. The Labute approximate surface area is 187 Å². The van der Waals surface area contributed by atoms with Crippen LogP contribution in [-0.2, 0) is 11.3 Å². The second kappa shape index (κ2) is 8.65. The predicted molar refractivity (Wildman–Crippen MR) is 122 cm³/mol. The van der Waals surface area contributed by atoms with Gasteiger partial charge in [0.05, 0.1) is 13.2 Å². The van der Waals surface area contributed by atoms with Crippen molar-refractivity contribution in [3.8, 4) is 11.5 Å². The number of carbonyl (C=O) groups excluding carboxylic acids is 1. The summed E-state index contributed by atoms with van der Waals surface area (Å²) < 4.78 is 11.3. The van der Waals surface area contributed by atoms with E-state index in [0.717, 1.165) is 24.3 Å². The van der Waals surface area contributed by atoms with Gasteiger partial charge in [-0.2, -0.15) is 0 Å². The number of hydrogen-bond acceptors (Lipinski definition) is 3. The molecule has 4 aliphatic rings. The first-order valence-electron chi connectivity index (χ1n) is 12.1. The van der Waals surface area contributed by atoms with Crippen molar-refractivity contribution in [3.05, 3.63) is 23.8 Å². The number of quaternary nitrogens is 1. The Kier molecular flexibility index (Phi) is 6.26. The van der Waals surface area contributed by atoms with Gasteiger partial charge >= 0.3 is 0 Å². The van der Waals surface area contributed by atoms with Crippen molar-refractivity contribution in [1.29, 1.82) is 0 Å². The molecule has 0 unspecified atom stereocenters. The molecule has 0 aromatic heterocycles. The van der Waals surface area contributed by atoms with E-state index in [0.29, 0.717) is 23.0 Å². The van der Waals surface area contributed by atoms with Gasteiger partial charge in [-0.15, -0.1) is 0 Å². The number of hydrogen-bond donors (Lipinski definition) is 2. The highest BCUT2D eigenvalue weighted by atomic mass is 16.5. The molecule has 4 fully saturated rings. The SMILES string of the molecule is COc1cc(C[NH2+][C@@H](C)C23CC4CC(CC(C4)C2)C3)ccc1OCC(=O)NC(C)(C)C. The summed E-state index contributed by atoms with van der Waals surface area (Å²) in [5.41, 5.74) is 1.53. The molecule has 0 saturated heterocycles. The average Bonchev–Trinajstić information content (AvgIpc) is 2.68. The predicted octanol–water partition coefficient (Wildman–Crippen LogP) is 3.66. The summed E-state index contributed by atoms with van der Waals surface area (Å²) in [5, 5.41) is 5.46. The minimum absolute atomic E-state index is 0.0118. The van der Waals surface area contributed by atoms with E-state index in [-0.39, 0.29) is 18.1 Å². The van der Waals surface area contributed by atoms with Crippen LogP contribution in [0.4, 0.5) is 0 Å². The zero-order valence-corrected chi connectivity index (χ0v) is 20.0. The fraction of sp³-hybridized carbons (Fsp3) is 0.731. The van der Waals surface area contributed by atoms with Crippen LogP contribution in [-0.4, -0.2) is 31.2 Å². The molecule has 0 aliphatic heterocycles. The van der Waals surface area contributed by atoms with Crippen molar-refractivity contribution < 1.29 is 19.6 Å². The number of ether oxygens (including phenoxy) is 2. The first-order chi connectivity index (χ1) is 14.7. The summed E-state index contributed by atoms with van der Waals surface area (Å²) >= 11 is 0. The second-order valence-corrected chi connectivity index (χ2v) is 11.6. The number of amides is 1. The summed E-state index contributed by atoms with van der Waals surface area (Å²) in [6.07, 6.45) is 8.84. The smallest absolute Gasteiger partial charge is 0.258 e. The van der Waals surface area contributed by atoms with Gasteiger partial charge in [-0.3, -0.25) is 4.79 Å². The molecule has 4 aliphatic carbocycles. The Morgan fingerprint density at radius 3 is 2.29 bits per heavy atom. The molecule has 5 heteroatoms. The van der Waals surface area contributed by atoms with E-state index < -0.39 is 0 Å². The van der Waals surface area contributed by atoms with Gasteiger partial charge in [0.1, 0.15) is 6.54 Å². The molecular weight excluding hydrogens is 388 g/mol. The molecule has 1 aromatic rings. The van der Waals surface area contributed by atoms with Crippen LogP contribution < -0.4 is 20.1 Å². The van der Waals surface area contributed by atoms with Crippen LogP contribution in [0.2, 0.25) is 0 Å². The molecule has 3 N–H and O–H groups in total. The second-order valence-electron chi connectivity index (χ2n) is 11.6. The number of nitrogens with two attached hydrogens (primary N) is 1. The molecule has 1 aromatic carbocycles. The van der Waals surface area contributed by atoms with Crippen LogP contribution in [0, 0.1) is 23.2 Å². The van der Waals surface area contributed by atoms with Crippen LogP contribution in [0.5, 0.6) is 11.5 Å². The lowest BCUT2D eigenvalue weighted by molar-refractivity contribution is -0.717. The third kappa shape index (κ3) is 5.19. The van der Waals surface area contributed by atoms with E-state index in [1.807, 2.05) is 26.8 Å².